The van der Waals surface area contributed by atoms with E-state index in [2.05, 4.69) is 15.2 Å². The summed E-state index contributed by atoms with van der Waals surface area (Å²) < 4.78 is 26.4. The average molecular weight is 368 g/mol. The van der Waals surface area contributed by atoms with Gasteiger partial charge in [0.05, 0.1) is 19.3 Å². The molecule has 0 fully saturated rings. The molecule has 0 bridgehead atoms. The van der Waals surface area contributed by atoms with E-state index in [0.29, 0.717) is 6.61 Å². The summed E-state index contributed by atoms with van der Waals surface area (Å²) in [5.74, 6) is -1.33. The maximum absolute atomic E-state index is 14.0. The van der Waals surface area contributed by atoms with E-state index in [1.165, 1.54) is 29.9 Å². The molecule has 1 aromatic carbocycles. The monoisotopic (exact) mass is 368 g/mol. The molecular weight excluding hydrogens is 351 g/mol. The number of hydrogen-bond acceptors (Lipinski definition) is 6. The van der Waals surface area contributed by atoms with Crippen LogP contribution in [0, 0.1) is 10.6 Å². The number of aromatic nitrogens is 3. The van der Waals surface area contributed by atoms with E-state index in [0.717, 1.165) is 4.68 Å². The number of carbonyl (C=O) groups is 2. The molecule has 134 valence electrons. The smallest absolute Gasteiger partial charge is 0.345 e. The minimum absolute atomic E-state index is 0.00943. The zero-order valence-corrected chi connectivity index (χ0v) is 14.7. The summed E-state index contributed by atoms with van der Waals surface area (Å²) in [5, 5.41) is 6.44. The third-order valence-electron chi connectivity index (χ3n) is 3.35. The van der Waals surface area contributed by atoms with Crippen LogP contribution < -0.4 is 10.1 Å². The summed E-state index contributed by atoms with van der Waals surface area (Å²) in [6.07, 6.45) is 0. The highest BCUT2D eigenvalue weighted by molar-refractivity contribution is 7.71. The molecule has 0 spiro atoms. The molecule has 0 aliphatic rings. The lowest BCUT2D eigenvalue weighted by Crippen LogP contribution is -2.30. The predicted octanol–water partition coefficient (Wildman–Crippen LogP) is 2.03. The lowest BCUT2D eigenvalue weighted by Gasteiger charge is -2.10. The second-order valence-corrected chi connectivity index (χ2v) is 5.25. The summed E-state index contributed by atoms with van der Waals surface area (Å²) >= 11 is 5.12. The summed E-state index contributed by atoms with van der Waals surface area (Å²) in [4.78, 5) is 24.0. The van der Waals surface area contributed by atoms with Gasteiger partial charge in [-0.2, -0.15) is 0 Å². The van der Waals surface area contributed by atoms with Crippen LogP contribution in [0.15, 0.2) is 18.2 Å². The van der Waals surface area contributed by atoms with E-state index in [-0.39, 0.29) is 28.5 Å². The van der Waals surface area contributed by atoms with Gasteiger partial charge in [0.15, 0.2) is 0 Å². The number of nitrogens with one attached hydrogen (secondary N) is 1. The molecule has 10 heteroatoms. The molecule has 0 atom stereocenters. The van der Waals surface area contributed by atoms with Crippen molar-refractivity contribution in [1.82, 2.24) is 19.7 Å². The summed E-state index contributed by atoms with van der Waals surface area (Å²) in [5.41, 5.74) is 0.0394. The van der Waals surface area contributed by atoms with Crippen molar-refractivity contribution in [3.05, 3.63) is 39.9 Å². The fraction of sp³-hybridized carbons (Fsp3) is 0.333. The first-order valence-corrected chi connectivity index (χ1v) is 7.74. The van der Waals surface area contributed by atoms with Gasteiger partial charge in [-0.05, 0) is 31.3 Å². The van der Waals surface area contributed by atoms with Crippen LogP contribution in [0.3, 0.4) is 0 Å². The third kappa shape index (κ3) is 3.85. The molecule has 1 amide bonds. The van der Waals surface area contributed by atoms with Gasteiger partial charge in [0.25, 0.3) is 0 Å². The Balaban J connectivity index is 2.23. The van der Waals surface area contributed by atoms with Crippen LogP contribution in [-0.4, -0.2) is 40.1 Å². The molecule has 0 saturated heterocycles. The number of carbonyl (C=O) groups excluding carboxylic acids is 2. The molecule has 0 unspecified atom stereocenters. The van der Waals surface area contributed by atoms with Crippen molar-refractivity contribution in [2.75, 3.05) is 13.7 Å². The van der Waals surface area contributed by atoms with Gasteiger partial charge in [0, 0.05) is 19.2 Å². The minimum Gasteiger partial charge on any atom is -0.465 e. The SMILES string of the molecule is CCOc1nn(C(=O)NCc2c(F)cccc2C(=O)OC)c(=S)n1C. The first-order valence-electron chi connectivity index (χ1n) is 7.33. The number of rotatable bonds is 5. The normalized spacial score (nSPS) is 10.4. The molecule has 0 aliphatic carbocycles. The summed E-state index contributed by atoms with van der Waals surface area (Å²) in [7, 11) is 2.80. The lowest BCUT2D eigenvalue weighted by atomic mass is 10.1. The quantitative estimate of drug-likeness (QED) is 0.642. The van der Waals surface area contributed by atoms with Crippen molar-refractivity contribution in [2.45, 2.75) is 13.5 Å². The topological polar surface area (TPSA) is 87.4 Å². The number of hydrogen-bond donors (Lipinski definition) is 1. The lowest BCUT2D eigenvalue weighted by molar-refractivity contribution is 0.0598. The molecule has 1 N–H and O–H groups in total. The van der Waals surface area contributed by atoms with Crippen molar-refractivity contribution >= 4 is 24.2 Å². The largest absolute Gasteiger partial charge is 0.465 e. The maximum Gasteiger partial charge on any atom is 0.345 e. The molecule has 2 rings (SSSR count). The fourth-order valence-electron chi connectivity index (χ4n) is 2.08. The Morgan fingerprint density at radius 1 is 1.40 bits per heavy atom. The van der Waals surface area contributed by atoms with Gasteiger partial charge in [-0.25, -0.2) is 14.0 Å². The average Bonchev–Trinajstić information content (AvgIpc) is 2.88. The van der Waals surface area contributed by atoms with Crippen LogP contribution >= 0.6 is 12.2 Å². The van der Waals surface area contributed by atoms with Crippen LogP contribution in [0.5, 0.6) is 6.01 Å². The molecular formula is C15H17FN4O4S. The zero-order valence-electron chi connectivity index (χ0n) is 13.9. The Bertz CT molecular complexity index is 862. The number of benzene rings is 1. The Kier molecular flexibility index (Phi) is 5.86. The number of methoxy groups -OCH3 is 1. The predicted molar refractivity (Wildman–Crippen MR) is 88.6 cm³/mol. The zero-order chi connectivity index (χ0) is 18.6. The van der Waals surface area contributed by atoms with Gasteiger partial charge < -0.3 is 14.8 Å². The highest BCUT2D eigenvalue weighted by Gasteiger charge is 2.18. The first-order chi connectivity index (χ1) is 11.9. The van der Waals surface area contributed by atoms with Gasteiger partial charge in [-0.15, -0.1) is 9.78 Å². The van der Waals surface area contributed by atoms with Crippen molar-refractivity contribution in [3.63, 3.8) is 0 Å². The fourth-order valence-corrected chi connectivity index (χ4v) is 2.29. The van der Waals surface area contributed by atoms with E-state index in [1.54, 1.807) is 14.0 Å². The molecule has 0 saturated carbocycles. The number of halogens is 1. The standard InChI is InChI=1S/C15H17FN4O4S/c1-4-24-14-18-20(15(25)19(14)2)13(22)17-8-10-9(12(21)23-3)6-5-7-11(10)16/h5-7H,4,8H2,1-3H3,(H,17,22). The van der Waals surface area contributed by atoms with Crippen LogP contribution in [0.25, 0.3) is 0 Å². The van der Waals surface area contributed by atoms with Gasteiger partial charge >= 0.3 is 18.0 Å². The van der Waals surface area contributed by atoms with E-state index in [4.69, 9.17) is 17.0 Å². The van der Waals surface area contributed by atoms with E-state index >= 15 is 0 Å². The van der Waals surface area contributed by atoms with Gasteiger partial charge in [0.1, 0.15) is 5.82 Å². The number of nitrogens with zero attached hydrogens (tertiary/aromatic N) is 3. The van der Waals surface area contributed by atoms with Crippen molar-refractivity contribution in [3.8, 4) is 6.01 Å². The van der Waals surface area contributed by atoms with Gasteiger partial charge in [-0.1, -0.05) is 6.07 Å². The van der Waals surface area contributed by atoms with Crippen molar-refractivity contribution in [2.24, 2.45) is 7.05 Å². The Morgan fingerprint density at radius 3 is 2.76 bits per heavy atom. The summed E-state index contributed by atoms with van der Waals surface area (Å²) in [6.45, 7) is 1.89. The highest BCUT2D eigenvalue weighted by Crippen LogP contribution is 2.15. The molecule has 8 nitrogen and oxygen atoms in total. The van der Waals surface area contributed by atoms with E-state index < -0.39 is 17.8 Å². The molecule has 1 aromatic heterocycles. The van der Waals surface area contributed by atoms with E-state index in [1.807, 2.05) is 0 Å². The molecule has 25 heavy (non-hydrogen) atoms. The van der Waals surface area contributed by atoms with Crippen molar-refractivity contribution < 1.29 is 23.5 Å². The second-order valence-electron chi connectivity index (χ2n) is 4.89. The molecule has 0 radical (unpaired) electrons. The molecule has 0 aliphatic heterocycles. The van der Waals surface area contributed by atoms with Crippen LogP contribution in [0.4, 0.5) is 9.18 Å². The maximum atomic E-state index is 14.0. The van der Waals surface area contributed by atoms with Gasteiger partial charge in [-0.3, -0.25) is 4.57 Å². The van der Waals surface area contributed by atoms with Crippen LogP contribution in [0.1, 0.15) is 22.8 Å². The molecule has 2 aromatic rings. The first kappa shape index (κ1) is 18.6. The Morgan fingerprint density at radius 2 is 2.12 bits per heavy atom. The second kappa shape index (κ2) is 7.88. The minimum atomic E-state index is -0.697. The molecule has 1 heterocycles. The van der Waals surface area contributed by atoms with Crippen LogP contribution in [0.2, 0.25) is 0 Å². The van der Waals surface area contributed by atoms with E-state index in [9.17, 15) is 14.0 Å². The van der Waals surface area contributed by atoms with Crippen LogP contribution in [-0.2, 0) is 18.3 Å². The third-order valence-corrected chi connectivity index (χ3v) is 3.79. The number of ether oxygens (including phenoxy) is 2. The number of amides is 1. The Hall–Kier alpha value is -2.75. The summed E-state index contributed by atoms with van der Waals surface area (Å²) in [6, 6.07) is 3.49. The number of esters is 1. The van der Waals surface area contributed by atoms with Gasteiger partial charge in [0.2, 0.25) is 4.77 Å². The highest BCUT2D eigenvalue weighted by atomic mass is 32.1. The Labute approximate surface area is 148 Å². The van der Waals surface area contributed by atoms with Crippen molar-refractivity contribution in [1.29, 1.82) is 0 Å².